The van der Waals surface area contributed by atoms with Crippen molar-refractivity contribution in [1.82, 2.24) is 10.3 Å². The predicted molar refractivity (Wildman–Crippen MR) is 104 cm³/mol. The third-order valence-corrected chi connectivity index (χ3v) is 5.24. The summed E-state index contributed by atoms with van der Waals surface area (Å²) in [6.45, 7) is 0.310. The maximum atomic E-state index is 13.9. The van der Waals surface area contributed by atoms with E-state index in [-0.39, 0.29) is 27.2 Å². The first kappa shape index (κ1) is 19.5. The molecule has 0 bridgehead atoms. The maximum Gasteiger partial charge on any atom is 0.291 e. The van der Waals surface area contributed by atoms with Crippen LogP contribution in [0.15, 0.2) is 46.8 Å². The summed E-state index contributed by atoms with van der Waals surface area (Å²) in [4.78, 5) is 26.5. The second-order valence-electron chi connectivity index (χ2n) is 6.19. The largest absolute Gasteiger partial charge is 0.502 e. The molecule has 0 fully saturated rings. The molecule has 1 amide bonds. The van der Waals surface area contributed by atoms with E-state index in [1.54, 1.807) is 0 Å². The maximum absolute atomic E-state index is 13.9. The normalized spacial score (nSPS) is 19.1. The first-order chi connectivity index (χ1) is 12.9. The Morgan fingerprint density at radius 2 is 2.07 bits per heavy atom. The van der Waals surface area contributed by atoms with Gasteiger partial charge in [0.15, 0.2) is 5.75 Å². The van der Waals surface area contributed by atoms with Crippen molar-refractivity contribution in [2.45, 2.75) is 23.6 Å². The Balaban J connectivity index is 1.70. The van der Waals surface area contributed by atoms with Crippen molar-refractivity contribution in [3.8, 4) is 5.75 Å². The number of H-pyrrole nitrogens is 1. The Hall–Kier alpha value is -2.31. The summed E-state index contributed by atoms with van der Waals surface area (Å²) in [5.41, 5.74) is -0.255. The summed E-state index contributed by atoms with van der Waals surface area (Å²) in [6.07, 6.45) is 6.90. The molecule has 1 aromatic heterocycles. The van der Waals surface area contributed by atoms with Crippen LogP contribution in [0.5, 0.6) is 5.75 Å². The highest BCUT2D eigenvalue weighted by Gasteiger charge is 2.20. The smallest absolute Gasteiger partial charge is 0.291 e. The Labute approximate surface area is 164 Å². The summed E-state index contributed by atoms with van der Waals surface area (Å²) < 4.78 is 13.9. The third-order valence-electron chi connectivity index (χ3n) is 4.30. The molecular weight excluding hydrogens is 394 g/mol. The van der Waals surface area contributed by atoms with Crippen LogP contribution in [0.1, 0.15) is 23.2 Å². The second-order valence-corrected chi connectivity index (χ2v) is 7.20. The van der Waals surface area contributed by atoms with Crippen LogP contribution in [0.3, 0.4) is 0 Å². The minimum atomic E-state index is -0.918. The van der Waals surface area contributed by atoms with E-state index in [9.17, 15) is 19.1 Å². The minimum absolute atomic E-state index is 0.119. The van der Waals surface area contributed by atoms with Gasteiger partial charge in [-0.2, -0.15) is 0 Å². The molecule has 0 saturated carbocycles. The molecule has 1 aliphatic carbocycles. The fourth-order valence-corrected chi connectivity index (χ4v) is 3.32. The molecular formula is C19H17Cl2FN2O3. The van der Waals surface area contributed by atoms with Crippen LogP contribution >= 0.6 is 23.2 Å². The topological polar surface area (TPSA) is 82.2 Å². The number of aromatic amines is 1. The number of fused-ring (bicyclic) bond motifs is 1. The molecule has 0 saturated heterocycles. The predicted octanol–water partition coefficient (Wildman–Crippen LogP) is 3.59. The second kappa shape index (κ2) is 8.15. The van der Waals surface area contributed by atoms with Gasteiger partial charge in [-0.25, -0.2) is 4.39 Å². The Kier molecular flexibility index (Phi) is 5.87. The number of amides is 1. The lowest BCUT2D eigenvalue weighted by Crippen LogP contribution is -2.26. The Morgan fingerprint density at radius 1 is 1.30 bits per heavy atom. The molecule has 0 radical (unpaired) electrons. The van der Waals surface area contributed by atoms with Gasteiger partial charge in [0.1, 0.15) is 5.82 Å². The van der Waals surface area contributed by atoms with Crippen molar-refractivity contribution in [3.05, 3.63) is 63.7 Å². The Bertz CT molecular complexity index is 1000. The number of aromatic nitrogens is 1. The molecule has 5 nitrogen and oxygen atoms in total. The molecule has 1 aliphatic rings. The zero-order valence-electron chi connectivity index (χ0n) is 14.1. The summed E-state index contributed by atoms with van der Waals surface area (Å²) in [6, 6.07) is 4.03. The summed E-state index contributed by atoms with van der Waals surface area (Å²) in [7, 11) is 0. The van der Waals surface area contributed by atoms with E-state index in [1.807, 2.05) is 18.2 Å². The van der Waals surface area contributed by atoms with Gasteiger partial charge in [0.05, 0.1) is 21.8 Å². The number of para-hydroxylation sites is 1. The molecule has 3 rings (SSSR count). The van der Waals surface area contributed by atoms with Gasteiger partial charge in [0.25, 0.3) is 11.5 Å². The van der Waals surface area contributed by atoms with Crippen LogP contribution in [0.25, 0.3) is 10.9 Å². The highest BCUT2D eigenvalue weighted by Crippen LogP contribution is 2.25. The minimum Gasteiger partial charge on any atom is -0.502 e. The number of hydrogen-bond donors (Lipinski definition) is 3. The molecule has 3 N–H and O–H groups in total. The summed E-state index contributed by atoms with van der Waals surface area (Å²) in [5.74, 6) is -2.05. The van der Waals surface area contributed by atoms with Gasteiger partial charge in [0.2, 0.25) is 0 Å². The lowest BCUT2D eigenvalue weighted by atomic mass is 10.0. The van der Waals surface area contributed by atoms with Crippen LogP contribution in [0.4, 0.5) is 4.39 Å². The molecule has 2 atom stereocenters. The van der Waals surface area contributed by atoms with Gasteiger partial charge in [-0.05, 0) is 18.9 Å². The summed E-state index contributed by atoms with van der Waals surface area (Å²) in [5, 5.41) is 12.3. The number of hydrogen-bond acceptors (Lipinski definition) is 3. The van der Waals surface area contributed by atoms with Crippen molar-refractivity contribution in [1.29, 1.82) is 0 Å². The fraction of sp³-hybridized carbons (Fsp3) is 0.263. The number of aromatic hydroxyl groups is 1. The van der Waals surface area contributed by atoms with Crippen molar-refractivity contribution >= 4 is 40.0 Å². The van der Waals surface area contributed by atoms with Gasteiger partial charge in [-0.15, -0.1) is 23.2 Å². The quantitative estimate of drug-likeness (QED) is 0.520. The van der Waals surface area contributed by atoms with E-state index in [1.165, 1.54) is 12.1 Å². The van der Waals surface area contributed by atoms with Gasteiger partial charge < -0.3 is 15.4 Å². The zero-order chi connectivity index (χ0) is 19.6. The van der Waals surface area contributed by atoms with E-state index in [4.69, 9.17) is 23.2 Å². The van der Waals surface area contributed by atoms with E-state index in [0.717, 1.165) is 11.6 Å². The van der Waals surface area contributed by atoms with Crippen molar-refractivity contribution in [2.24, 2.45) is 0 Å². The molecule has 0 spiro atoms. The highest BCUT2D eigenvalue weighted by atomic mass is 35.5. The first-order valence-corrected chi connectivity index (χ1v) is 9.24. The van der Waals surface area contributed by atoms with E-state index < -0.39 is 23.0 Å². The first-order valence-electron chi connectivity index (χ1n) is 8.37. The van der Waals surface area contributed by atoms with Gasteiger partial charge in [-0.3, -0.25) is 9.59 Å². The van der Waals surface area contributed by atoms with Crippen LogP contribution in [0.2, 0.25) is 0 Å². The third kappa shape index (κ3) is 4.17. The average Bonchev–Trinajstić information content (AvgIpc) is 2.63. The molecule has 0 aliphatic heterocycles. The van der Waals surface area contributed by atoms with Gasteiger partial charge in [0, 0.05) is 11.9 Å². The molecule has 1 heterocycles. The number of allylic oxidation sites excluding steroid dienone is 4. The van der Waals surface area contributed by atoms with Gasteiger partial charge >= 0.3 is 0 Å². The average molecular weight is 411 g/mol. The van der Waals surface area contributed by atoms with Crippen LogP contribution in [0, 0.1) is 5.82 Å². The number of rotatable bonds is 5. The van der Waals surface area contributed by atoms with Crippen LogP contribution in [-0.4, -0.2) is 33.3 Å². The van der Waals surface area contributed by atoms with Crippen LogP contribution in [-0.2, 0) is 0 Å². The van der Waals surface area contributed by atoms with Crippen molar-refractivity contribution in [2.75, 3.05) is 6.54 Å². The molecule has 2 unspecified atom stereocenters. The molecule has 142 valence electrons. The fourth-order valence-electron chi connectivity index (χ4n) is 2.93. The molecule has 27 heavy (non-hydrogen) atoms. The number of benzene rings is 1. The lowest BCUT2D eigenvalue weighted by Gasteiger charge is -2.16. The van der Waals surface area contributed by atoms with E-state index >= 15 is 0 Å². The monoisotopic (exact) mass is 410 g/mol. The number of nitrogens with one attached hydrogen (secondary N) is 2. The SMILES string of the molecule is O=C(NCCCC1=CC(Cl)C(Cl)C=C1)c1c(O)c(=O)[nH]c2c(F)cccc12. The number of pyridine rings is 1. The number of alkyl halides is 2. The highest BCUT2D eigenvalue weighted by molar-refractivity contribution is 6.31. The standard InChI is InChI=1S/C19H17Cl2FN2O3/c20-12-7-6-10(9-13(12)21)3-2-8-23-18(26)15-11-4-1-5-14(22)16(11)24-19(27)17(15)25/h1,4-7,9,12-13,25H,2-3,8H2,(H,23,26)(H,24,27). The molecule has 2 aromatic rings. The molecule has 8 heteroatoms. The molecule has 1 aromatic carbocycles. The number of carbonyl (C=O) groups is 1. The van der Waals surface area contributed by atoms with Crippen LogP contribution < -0.4 is 10.9 Å². The van der Waals surface area contributed by atoms with Crippen molar-refractivity contribution in [3.63, 3.8) is 0 Å². The summed E-state index contributed by atoms with van der Waals surface area (Å²) >= 11 is 12.1. The Morgan fingerprint density at radius 3 is 2.81 bits per heavy atom. The zero-order valence-corrected chi connectivity index (χ0v) is 15.6. The van der Waals surface area contributed by atoms with Crippen molar-refractivity contribution < 1.29 is 14.3 Å². The van der Waals surface area contributed by atoms with E-state index in [2.05, 4.69) is 10.3 Å². The number of halogens is 3. The lowest BCUT2D eigenvalue weighted by molar-refractivity contribution is 0.0952. The van der Waals surface area contributed by atoms with Gasteiger partial charge in [-0.1, -0.05) is 35.9 Å². The van der Waals surface area contributed by atoms with E-state index in [0.29, 0.717) is 19.4 Å². The number of carbonyl (C=O) groups excluding carboxylic acids is 1.